The van der Waals surface area contributed by atoms with Gasteiger partial charge >= 0.3 is 0 Å². The maximum absolute atomic E-state index is 4.76. The second kappa shape index (κ2) is 8.97. The maximum Gasteiger partial charge on any atom is 0.0671 e. The van der Waals surface area contributed by atoms with Gasteiger partial charge in [-0.3, -0.25) is 0 Å². The Hall–Kier alpha value is -3.04. The molecular weight excluding hydrogens is 354 g/mol. The Kier molecular flexibility index (Phi) is 5.97. The van der Waals surface area contributed by atoms with Gasteiger partial charge in [-0.15, -0.1) is 0 Å². The minimum Gasteiger partial charge on any atom is -0.302 e. The normalized spacial score (nSPS) is 23.9. The van der Waals surface area contributed by atoms with Crippen molar-refractivity contribution in [2.24, 2.45) is 16.1 Å². The van der Waals surface area contributed by atoms with E-state index in [0.717, 1.165) is 23.4 Å². The van der Waals surface area contributed by atoms with Gasteiger partial charge in [0.2, 0.25) is 0 Å². The number of hydrogen-bond donors (Lipinski definition) is 1. The van der Waals surface area contributed by atoms with E-state index >= 15 is 0 Å². The Balaban J connectivity index is 1.67. The topological polar surface area (TPSA) is 36.8 Å². The molecular formula is C26H27N3. The van der Waals surface area contributed by atoms with E-state index in [4.69, 9.17) is 5.10 Å². The largest absolute Gasteiger partial charge is 0.302 e. The lowest BCUT2D eigenvalue weighted by atomic mass is 9.81. The van der Waals surface area contributed by atoms with Crippen LogP contribution >= 0.6 is 0 Å². The number of nitrogens with one attached hydrogen (secondary N) is 1. The molecule has 0 amide bonds. The van der Waals surface area contributed by atoms with Crippen LogP contribution in [0.5, 0.6) is 0 Å². The molecule has 0 spiro atoms. The van der Waals surface area contributed by atoms with Crippen LogP contribution in [0.1, 0.15) is 49.0 Å². The van der Waals surface area contributed by atoms with Crippen molar-refractivity contribution in [3.05, 3.63) is 108 Å². The fourth-order valence-electron chi connectivity index (χ4n) is 3.96. The summed E-state index contributed by atoms with van der Waals surface area (Å²) in [5, 5.41) is 13.2. The van der Waals surface area contributed by atoms with Gasteiger partial charge in [-0.05, 0) is 23.6 Å². The number of benzene rings is 3. The van der Waals surface area contributed by atoms with Crippen LogP contribution in [-0.2, 0) is 0 Å². The van der Waals surface area contributed by atoms with Crippen LogP contribution in [0.15, 0.2) is 101 Å². The molecule has 146 valence electrons. The highest BCUT2D eigenvalue weighted by atomic mass is 15.2. The van der Waals surface area contributed by atoms with Crippen LogP contribution in [0.25, 0.3) is 0 Å². The fraction of sp³-hybridized carbons (Fsp3) is 0.231. The molecule has 4 rings (SSSR count). The molecule has 1 fully saturated rings. The summed E-state index contributed by atoms with van der Waals surface area (Å²) in [7, 11) is 0. The lowest BCUT2D eigenvalue weighted by Gasteiger charge is -2.37. The van der Waals surface area contributed by atoms with Crippen molar-refractivity contribution in [1.82, 2.24) is 5.32 Å². The van der Waals surface area contributed by atoms with Crippen molar-refractivity contribution in [3.63, 3.8) is 0 Å². The average molecular weight is 382 g/mol. The van der Waals surface area contributed by atoms with Crippen molar-refractivity contribution in [2.45, 2.75) is 32.4 Å². The van der Waals surface area contributed by atoms with E-state index in [1.807, 2.05) is 25.1 Å². The Bertz CT molecular complexity index is 978. The molecule has 1 aliphatic rings. The summed E-state index contributed by atoms with van der Waals surface area (Å²) in [5.41, 5.74) is 5.77. The summed E-state index contributed by atoms with van der Waals surface area (Å²) in [5.74, 6) is 0.268. The van der Waals surface area contributed by atoms with E-state index < -0.39 is 0 Å². The number of rotatable bonds is 4. The molecule has 1 saturated heterocycles. The van der Waals surface area contributed by atoms with Crippen LogP contribution < -0.4 is 5.32 Å². The fourth-order valence-corrected chi connectivity index (χ4v) is 3.96. The van der Waals surface area contributed by atoms with Crippen LogP contribution in [0.2, 0.25) is 0 Å². The van der Waals surface area contributed by atoms with Crippen LogP contribution in [0.3, 0.4) is 0 Å². The van der Waals surface area contributed by atoms with E-state index in [-0.39, 0.29) is 18.0 Å². The Labute approximate surface area is 173 Å². The molecule has 0 radical (unpaired) electrons. The molecule has 0 aliphatic carbocycles. The van der Waals surface area contributed by atoms with Crippen LogP contribution in [-0.4, -0.2) is 11.4 Å². The van der Waals surface area contributed by atoms with E-state index in [9.17, 15) is 0 Å². The monoisotopic (exact) mass is 381 g/mol. The van der Waals surface area contributed by atoms with E-state index in [0.29, 0.717) is 0 Å². The third-order valence-corrected chi connectivity index (χ3v) is 5.70. The van der Waals surface area contributed by atoms with Gasteiger partial charge in [0.25, 0.3) is 0 Å². The smallest absolute Gasteiger partial charge is 0.0671 e. The minimum absolute atomic E-state index is 0.209. The van der Waals surface area contributed by atoms with Gasteiger partial charge in [-0.1, -0.05) is 97.9 Å². The summed E-state index contributed by atoms with van der Waals surface area (Å²) in [6.07, 6.45) is 0.861. The van der Waals surface area contributed by atoms with Crippen molar-refractivity contribution < 1.29 is 0 Å². The highest BCUT2D eigenvalue weighted by Crippen LogP contribution is 2.35. The molecule has 29 heavy (non-hydrogen) atoms. The zero-order valence-electron chi connectivity index (χ0n) is 17.0. The second-order valence-electron chi connectivity index (χ2n) is 7.65. The molecule has 3 aromatic rings. The van der Waals surface area contributed by atoms with Crippen LogP contribution in [0, 0.1) is 5.92 Å². The molecule has 3 aromatic carbocycles. The van der Waals surface area contributed by atoms with Crippen molar-refractivity contribution in [3.8, 4) is 0 Å². The summed E-state index contributed by atoms with van der Waals surface area (Å²) in [4.78, 5) is 0. The van der Waals surface area contributed by atoms with Gasteiger partial charge in [0, 0.05) is 30.1 Å². The molecule has 3 atom stereocenters. The third kappa shape index (κ3) is 4.52. The summed E-state index contributed by atoms with van der Waals surface area (Å²) >= 11 is 0. The summed E-state index contributed by atoms with van der Waals surface area (Å²) in [6.45, 7) is 4.27. The molecule has 3 nitrogen and oxygen atoms in total. The molecule has 0 aromatic heterocycles. The first-order valence-corrected chi connectivity index (χ1v) is 10.2. The highest BCUT2D eigenvalue weighted by molar-refractivity contribution is 5.99. The molecule has 1 heterocycles. The number of piperidine rings is 1. The van der Waals surface area contributed by atoms with Gasteiger partial charge in [0.05, 0.1) is 5.71 Å². The zero-order chi connectivity index (χ0) is 20.1. The Morgan fingerprint density at radius 1 is 0.793 bits per heavy atom. The first-order chi connectivity index (χ1) is 14.2. The van der Waals surface area contributed by atoms with Crippen molar-refractivity contribution in [1.29, 1.82) is 0 Å². The van der Waals surface area contributed by atoms with E-state index in [1.54, 1.807) is 0 Å². The number of hydrogen-bond acceptors (Lipinski definition) is 3. The van der Waals surface area contributed by atoms with Crippen molar-refractivity contribution >= 4 is 11.4 Å². The minimum atomic E-state index is 0.209. The van der Waals surface area contributed by atoms with Gasteiger partial charge < -0.3 is 5.32 Å². The van der Waals surface area contributed by atoms with Crippen LogP contribution in [0.4, 0.5) is 0 Å². The third-order valence-electron chi connectivity index (χ3n) is 5.70. The van der Waals surface area contributed by atoms with Crippen molar-refractivity contribution in [2.75, 3.05) is 0 Å². The molecule has 0 saturated carbocycles. The van der Waals surface area contributed by atoms with Gasteiger partial charge in [-0.25, -0.2) is 0 Å². The second-order valence-corrected chi connectivity index (χ2v) is 7.65. The standard InChI is InChI=1S/C26H27N3/c1-19-24(29-28-20(2)21-12-6-3-7-13-21)18-25(22-14-8-4-9-15-22)27-26(19)23-16-10-5-11-17-23/h3-17,19,25-27H,18H2,1-2H3/b28-20-,29-24+. The summed E-state index contributed by atoms with van der Waals surface area (Å²) < 4.78 is 0. The van der Waals surface area contributed by atoms with Gasteiger partial charge in [-0.2, -0.15) is 10.2 Å². The van der Waals surface area contributed by atoms with Gasteiger partial charge in [0.15, 0.2) is 0 Å². The molecule has 1 aliphatic heterocycles. The molecule has 3 heteroatoms. The first-order valence-electron chi connectivity index (χ1n) is 10.2. The van der Waals surface area contributed by atoms with Gasteiger partial charge in [0.1, 0.15) is 0 Å². The molecule has 0 bridgehead atoms. The summed E-state index contributed by atoms with van der Waals surface area (Å²) in [6, 6.07) is 32.0. The molecule has 3 unspecified atom stereocenters. The quantitative estimate of drug-likeness (QED) is 0.439. The predicted molar refractivity (Wildman–Crippen MR) is 121 cm³/mol. The zero-order valence-corrected chi connectivity index (χ0v) is 17.0. The first kappa shape index (κ1) is 19.3. The van der Waals surface area contributed by atoms with E-state index in [2.05, 4.69) is 90.1 Å². The SMILES string of the molecule is C/C(=N/N=C1\CC(c2ccccc2)NC(c2ccccc2)C1C)c1ccccc1. The van der Waals surface area contributed by atoms with E-state index in [1.165, 1.54) is 11.1 Å². The Morgan fingerprint density at radius 2 is 1.34 bits per heavy atom. The highest BCUT2D eigenvalue weighted by Gasteiger charge is 2.33. The lowest BCUT2D eigenvalue weighted by Crippen LogP contribution is -2.41. The lowest BCUT2D eigenvalue weighted by molar-refractivity contribution is 0.364. The average Bonchev–Trinajstić information content (AvgIpc) is 2.80. The number of nitrogens with zero attached hydrogens (tertiary/aromatic N) is 2. The molecule has 1 N–H and O–H groups in total. The predicted octanol–water partition coefficient (Wildman–Crippen LogP) is 5.96. The Morgan fingerprint density at radius 3 is 1.97 bits per heavy atom. The maximum atomic E-state index is 4.76.